The van der Waals surface area contributed by atoms with Crippen LogP contribution in [0.4, 0.5) is 0 Å². The Morgan fingerprint density at radius 3 is 2.39 bits per heavy atom. The number of piperidine rings is 1. The Morgan fingerprint density at radius 2 is 1.83 bits per heavy atom. The van der Waals surface area contributed by atoms with E-state index in [1.165, 1.54) is 45.2 Å². The van der Waals surface area contributed by atoms with E-state index in [0.29, 0.717) is 6.04 Å². The summed E-state index contributed by atoms with van der Waals surface area (Å²) in [5.41, 5.74) is 5.92. The van der Waals surface area contributed by atoms with Crippen molar-refractivity contribution in [2.45, 2.75) is 64.1 Å². The first-order valence-corrected chi connectivity index (χ1v) is 7.79. The molecule has 0 radical (unpaired) electrons. The highest BCUT2D eigenvalue weighted by Gasteiger charge is 2.34. The number of likely N-dealkylation sites (tertiary alicyclic amines) is 1. The van der Waals surface area contributed by atoms with Crippen LogP contribution < -0.4 is 5.73 Å². The quantitative estimate of drug-likeness (QED) is 0.831. The predicted octanol–water partition coefficient (Wildman–Crippen LogP) is 1.92. The monoisotopic (exact) mass is 253 g/mol. The average molecular weight is 253 g/mol. The van der Waals surface area contributed by atoms with Crippen LogP contribution in [0.3, 0.4) is 0 Å². The van der Waals surface area contributed by atoms with Crippen molar-refractivity contribution in [2.75, 3.05) is 26.7 Å². The van der Waals surface area contributed by atoms with E-state index in [0.717, 1.165) is 24.5 Å². The van der Waals surface area contributed by atoms with E-state index in [9.17, 15) is 0 Å². The van der Waals surface area contributed by atoms with E-state index >= 15 is 0 Å². The third-order valence-corrected chi connectivity index (χ3v) is 5.25. The third-order valence-electron chi connectivity index (χ3n) is 5.25. The van der Waals surface area contributed by atoms with Gasteiger partial charge in [-0.25, -0.2) is 0 Å². The molecule has 2 N–H and O–H groups in total. The number of rotatable bonds is 4. The van der Waals surface area contributed by atoms with E-state index in [1.807, 2.05) is 0 Å². The van der Waals surface area contributed by atoms with Gasteiger partial charge in [0, 0.05) is 18.1 Å². The zero-order chi connectivity index (χ0) is 13.1. The summed E-state index contributed by atoms with van der Waals surface area (Å²) in [4.78, 5) is 5.28. The highest BCUT2D eigenvalue weighted by Crippen LogP contribution is 2.31. The molecule has 0 aromatic carbocycles. The molecule has 3 heteroatoms. The van der Waals surface area contributed by atoms with Gasteiger partial charge in [0.25, 0.3) is 0 Å². The molecule has 1 saturated carbocycles. The fraction of sp³-hybridized carbons (Fsp3) is 1.00. The van der Waals surface area contributed by atoms with Crippen LogP contribution in [0.15, 0.2) is 0 Å². The van der Waals surface area contributed by atoms with Gasteiger partial charge in [-0.1, -0.05) is 6.42 Å². The SMILES string of the molecule is CC(C)N1CCC(N(C)C2CCCC2CN)CC1. The third kappa shape index (κ3) is 3.06. The lowest BCUT2D eigenvalue weighted by atomic mass is 9.96. The molecular weight excluding hydrogens is 222 g/mol. The molecule has 0 spiro atoms. The van der Waals surface area contributed by atoms with Crippen molar-refractivity contribution in [2.24, 2.45) is 11.7 Å². The zero-order valence-corrected chi connectivity index (χ0v) is 12.4. The molecule has 2 atom stereocenters. The minimum Gasteiger partial charge on any atom is -0.330 e. The maximum absolute atomic E-state index is 5.92. The Morgan fingerprint density at radius 1 is 1.17 bits per heavy atom. The molecule has 0 aromatic heterocycles. The van der Waals surface area contributed by atoms with Crippen LogP contribution in [0.25, 0.3) is 0 Å². The van der Waals surface area contributed by atoms with E-state index in [4.69, 9.17) is 5.73 Å². The summed E-state index contributed by atoms with van der Waals surface area (Å²) < 4.78 is 0. The molecule has 3 nitrogen and oxygen atoms in total. The standard InChI is InChI=1S/C15H31N3/c1-12(2)18-9-7-14(8-10-18)17(3)15-6-4-5-13(15)11-16/h12-15H,4-11,16H2,1-3H3. The molecule has 1 aliphatic heterocycles. The van der Waals surface area contributed by atoms with Crippen LogP contribution in [0, 0.1) is 5.92 Å². The van der Waals surface area contributed by atoms with Crippen molar-refractivity contribution in [3.63, 3.8) is 0 Å². The van der Waals surface area contributed by atoms with Crippen LogP contribution in [-0.4, -0.2) is 54.6 Å². The first-order valence-electron chi connectivity index (χ1n) is 7.79. The molecule has 0 amide bonds. The summed E-state index contributed by atoms with van der Waals surface area (Å²) >= 11 is 0. The molecule has 1 heterocycles. The van der Waals surface area contributed by atoms with Crippen molar-refractivity contribution in [1.82, 2.24) is 9.80 Å². The summed E-state index contributed by atoms with van der Waals surface area (Å²) in [6, 6.07) is 2.25. The van der Waals surface area contributed by atoms with Crippen molar-refractivity contribution < 1.29 is 0 Å². The number of nitrogens with two attached hydrogens (primary N) is 1. The molecular formula is C15H31N3. The van der Waals surface area contributed by atoms with Crippen LogP contribution in [-0.2, 0) is 0 Å². The second-order valence-electron chi connectivity index (χ2n) is 6.52. The maximum Gasteiger partial charge on any atom is 0.0135 e. The zero-order valence-electron chi connectivity index (χ0n) is 12.4. The second kappa shape index (κ2) is 6.36. The van der Waals surface area contributed by atoms with Crippen molar-refractivity contribution in [3.8, 4) is 0 Å². The van der Waals surface area contributed by atoms with Crippen molar-refractivity contribution in [1.29, 1.82) is 0 Å². The lowest BCUT2D eigenvalue weighted by Gasteiger charge is -2.42. The molecule has 18 heavy (non-hydrogen) atoms. The largest absolute Gasteiger partial charge is 0.330 e. The number of nitrogens with zero attached hydrogens (tertiary/aromatic N) is 2. The molecule has 0 bridgehead atoms. The summed E-state index contributed by atoms with van der Waals surface area (Å²) in [6.07, 6.45) is 6.76. The van der Waals surface area contributed by atoms with Gasteiger partial charge in [0.2, 0.25) is 0 Å². The topological polar surface area (TPSA) is 32.5 Å². The van der Waals surface area contributed by atoms with Crippen molar-refractivity contribution in [3.05, 3.63) is 0 Å². The lowest BCUT2D eigenvalue weighted by molar-refractivity contribution is 0.0707. The Kier molecular flexibility index (Phi) is 5.05. The van der Waals surface area contributed by atoms with Gasteiger partial charge in [-0.3, -0.25) is 0 Å². The fourth-order valence-electron chi connectivity index (χ4n) is 3.91. The van der Waals surface area contributed by atoms with Gasteiger partial charge in [-0.05, 0) is 72.1 Å². The summed E-state index contributed by atoms with van der Waals surface area (Å²) in [7, 11) is 2.34. The highest BCUT2D eigenvalue weighted by atomic mass is 15.2. The minimum atomic E-state index is 0.708. The van der Waals surface area contributed by atoms with Crippen LogP contribution >= 0.6 is 0 Å². The second-order valence-corrected chi connectivity index (χ2v) is 6.52. The molecule has 0 aromatic rings. The van der Waals surface area contributed by atoms with E-state index in [2.05, 4.69) is 30.7 Å². The molecule has 2 unspecified atom stereocenters. The summed E-state index contributed by atoms with van der Waals surface area (Å²) in [5, 5.41) is 0. The van der Waals surface area contributed by atoms with Gasteiger partial charge < -0.3 is 15.5 Å². The molecule has 2 rings (SSSR count). The number of hydrogen-bond acceptors (Lipinski definition) is 3. The van der Waals surface area contributed by atoms with E-state index < -0.39 is 0 Å². The van der Waals surface area contributed by atoms with Crippen molar-refractivity contribution >= 4 is 0 Å². The van der Waals surface area contributed by atoms with Gasteiger partial charge >= 0.3 is 0 Å². The van der Waals surface area contributed by atoms with Crippen LogP contribution in [0.2, 0.25) is 0 Å². The first kappa shape index (κ1) is 14.3. The first-order chi connectivity index (χ1) is 8.63. The maximum atomic E-state index is 5.92. The Bertz CT molecular complexity index is 246. The molecule has 2 fully saturated rings. The van der Waals surface area contributed by atoms with Gasteiger partial charge in [-0.15, -0.1) is 0 Å². The minimum absolute atomic E-state index is 0.708. The summed E-state index contributed by atoms with van der Waals surface area (Å²) in [6.45, 7) is 8.04. The van der Waals surface area contributed by atoms with Gasteiger partial charge in [0.15, 0.2) is 0 Å². The van der Waals surface area contributed by atoms with Gasteiger partial charge in [0.1, 0.15) is 0 Å². The predicted molar refractivity (Wildman–Crippen MR) is 77.7 cm³/mol. The Hall–Kier alpha value is -0.120. The van der Waals surface area contributed by atoms with Gasteiger partial charge in [0.05, 0.1) is 0 Å². The number of hydrogen-bond donors (Lipinski definition) is 1. The van der Waals surface area contributed by atoms with E-state index in [1.54, 1.807) is 0 Å². The fourth-order valence-corrected chi connectivity index (χ4v) is 3.91. The molecule has 2 aliphatic rings. The Balaban J connectivity index is 1.85. The summed E-state index contributed by atoms with van der Waals surface area (Å²) in [5.74, 6) is 0.748. The molecule has 1 saturated heterocycles. The molecule has 1 aliphatic carbocycles. The smallest absolute Gasteiger partial charge is 0.0135 e. The highest BCUT2D eigenvalue weighted by molar-refractivity contribution is 4.89. The Labute approximate surface area is 113 Å². The lowest BCUT2D eigenvalue weighted by Crippen LogP contribution is -2.50. The van der Waals surface area contributed by atoms with Gasteiger partial charge in [-0.2, -0.15) is 0 Å². The molecule has 106 valence electrons. The van der Waals surface area contributed by atoms with E-state index in [-0.39, 0.29) is 0 Å². The van der Waals surface area contributed by atoms with Crippen LogP contribution in [0.5, 0.6) is 0 Å². The average Bonchev–Trinajstić information content (AvgIpc) is 2.86. The van der Waals surface area contributed by atoms with Crippen LogP contribution in [0.1, 0.15) is 46.0 Å². The normalized spacial score (nSPS) is 31.7.